The van der Waals surface area contributed by atoms with Crippen LogP contribution in [0.5, 0.6) is 0 Å². The van der Waals surface area contributed by atoms with Gasteiger partial charge in [-0.2, -0.15) is 0 Å². The molecule has 4 nitrogen and oxygen atoms in total. The number of halogens is 1. The lowest BCUT2D eigenvalue weighted by atomic mass is 10.1. The van der Waals surface area contributed by atoms with Crippen molar-refractivity contribution < 1.29 is 5.11 Å². The second-order valence-corrected chi connectivity index (χ2v) is 5.21. The number of benzene rings is 1. The molecule has 118 valence electrons. The second-order valence-electron chi connectivity index (χ2n) is 5.21. The largest absolute Gasteiger partial charge is 0.391 e. The van der Waals surface area contributed by atoms with E-state index in [1.165, 1.54) is 5.56 Å². The Morgan fingerprint density at radius 3 is 2.76 bits per heavy atom. The van der Waals surface area contributed by atoms with Gasteiger partial charge in [-0.3, -0.25) is 4.99 Å². The van der Waals surface area contributed by atoms with Gasteiger partial charge < -0.3 is 15.3 Å². The van der Waals surface area contributed by atoms with E-state index < -0.39 is 0 Å². The minimum absolute atomic E-state index is 0. The molecule has 21 heavy (non-hydrogen) atoms. The van der Waals surface area contributed by atoms with Gasteiger partial charge in [-0.05, 0) is 31.7 Å². The van der Waals surface area contributed by atoms with Gasteiger partial charge in [-0.25, -0.2) is 0 Å². The maximum absolute atomic E-state index is 9.61. The smallest absolute Gasteiger partial charge is 0.194 e. The molecule has 0 spiro atoms. The van der Waals surface area contributed by atoms with Crippen LogP contribution in [0, 0.1) is 0 Å². The Morgan fingerprint density at radius 2 is 2.14 bits per heavy atom. The van der Waals surface area contributed by atoms with Crippen LogP contribution in [0.25, 0.3) is 0 Å². The summed E-state index contributed by atoms with van der Waals surface area (Å²) in [5, 5.41) is 12.9. The van der Waals surface area contributed by atoms with E-state index in [2.05, 4.69) is 46.4 Å². The first-order valence-corrected chi connectivity index (χ1v) is 7.55. The third-order valence-electron chi connectivity index (χ3n) is 3.53. The van der Waals surface area contributed by atoms with Crippen molar-refractivity contribution in [2.24, 2.45) is 4.99 Å². The van der Waals surface area contributed by atoms with Gasteiger partial charge in [0.25, 0.3) is 0 Å². The number of guanidine groups is 1. The van der Waals surface area contributed by atoms with Gasteiger partial charge in [0, 0.05) is 26.2 Å². The Kier molecular flexibility index (Phi) is 8.68. The van der Waals surface area contributed by atoms with Crippen molar-refractivity contribution in [3.05, 3.63) is 35.9 Å². The number of hydrogen-bond acceptors (Lipinski definition) is 2. The summed E-state index contributed by atoms with van der Waals surface area (Å²) in [4.78, 5) is 6.81. The summed E-state index contributed by atoms with van der Waals surface area (Å²) in [6.07, 6.45) is 2.75. The monoisotopic (exact) mass is 403 g/mol. The van der Waals surface area contributed by atoms with Gasteiger partial charge in [0.2, 0.25) is 0 Å². The number of hydrogen-bond donors (Lipinski definition) is 2. The fourth-order valence-corrected chi connectivity index (χ4v) is 2.47. The third-order valence-corrected chi connectivity index (χ3v) is 3.53. The van der Waals surface area contributed by atoms with Crippen LogP contribution in [-0.4, -0.2) is 48.2 Å². The first-order valence-electron chi connectivity index (χ1n) is 7.55. The zero-order valence-electron chi connectivity index (χ0n) is 12.7. The molecule has 1 aliphatic heterocycles. The van der Waals surface area contributed by atoms with Crippen LogP contribution in [0.1, 0.15) is 25.3 Å². The first kappa shape index (κ1) is 18.2. The van der Waals surface area contributed by atoms with E-state index in [9.17, 15) is 5.11 Å². The minimum atomic E-state index is -0.205. The highest BCUT2D eigenvalue weighted by Crippen LogP contribution is 2.09. The molecule has 0 bridgehead atoms. The molecule has 5 heteroatoms. The molecule has 2 N–H and O–H groups in total. The molecule has 0 amide bonds. The number of nitrogens with one attached hydrogen (secondary N) is 1. The van der Waals surface area contributed by atoms with Crippen LogP contribution < -0.4 is 5.32 Å². The Balaban J connectivity index is 0.00000220. The molecular weight excluding hydrogens is 377 g/mol. The number of likely N-dealkylation sites (tertiary alicyclic amines) is 1. The molecule has 1 atom stereocenters. The normalized spacial score (nSPS) is 18.5. The van der Waals surface area contributed by atoms with Crippen molar-refractivity contribution in [3.63, 3.8) is 0 Å². The summed E-state index contributed by atoms with van der Waals surface area (Å²) in [5.74, 6) is 0.942. The highest BCUT2D eigenvalue weighted by Gasteiger charge is 2.22. The van der Waals surface area contributed by atoms with Crippen LogP contribution in [0.15, 0.2) is 35.3 Å². The fourth-order valence-electron chi connectivity index (χ4n) is 2.47. The Labute approximate surface area is 144 Å². The summed E-state index contributed by atoms with van der Waals surface area (Å²) in [6.45, 7) is 5.36. The summed E-state index contributed by atoms with van der Waals surface area (Å²) < 4.78 is 0. The molecule has 0 aromatic heterocycles. The predicted molar refractivity (Wildman–Crippen MR) is 98.4 cm³/mol. The van der Waals surface area contributed by atoms with Crippen LogP contribution in [0.4, 0.5) is 0 Å². The molecule has 1 fully saturated rings. The molecule has 0 aliphatic carbocycles. The van der Waals surface area contributed by atoms with Crippen LogP contribution in [0.3, 0.4) is 0 Å². The lowest BCUT2D eigenvalue weighted by molar-refractivity contribution is 0.188. The molecule has 1 aromatic rings. The van der Waals surface area contributed by atoms with E-state index in [1.54, 1.807) is 0 Å². The minimum Gasteiger partial charge on any atom is -0.391 e. The van der Waals surface area contributed by atoms with Crippen molar-refractivity contribution in [2.75, 3.05) is 26.2 Å². The Morgan fingerprint density at radius 1 is 1.38 bits per heavy atom. The summed E-state index contributed by atoms with van der Waals surface area (Å²) in [7, 11) is 0. The SMILES string of the molecule is CCNC(=NCCCc1ccccc1)N1CC[C@@H](O)C1.I. The van der Waals surface area contributed by atoms with E-state index in [-0.39, 0.29) is 30.1 Å². The topological polar surface area (TPSA) is 47.9 Å². The number of aryl methyl sites for hydroxylation is 1. The lowest BCUT2D eigenvalue weighted by Crippen LogP contribution is -2.40. The molecule has 2 rings (SSSR count). The molecule has 0 unspecified atom stereocenters. The molecular formula is C16H26IN3O. The Bertz CT molecular complexity index is 425. The molecule has 1 heterocycles. The quantitative estimate of drug-likeness (QED) is 0.343. The van der Waals surface area contributed by atoms with Crippen molar-refractivity contribution in [1.29, 1.82) is 0 Å². The number of aliphatic hydroxyl groups is 1. The number of β-amino-alcohol motifs (C(OH)–C–C–N with tert-alkyl or cyclic N) is 1. The van der Waals surface area contributed by atoms with Gasteiger partial charge in [0.1, 0.15) is 0 Å². The van der Waals surface area contributed by atoms with Crippen molar-refractivity contribution in [3.8, 4) is 0 Å². The highest BCUT2D eigenvalue weighted by molar-refractivity contribution is 14.0. The number of rotatable bonds is 5. The average molecular weight is 403 g/mol. The molecule has 0 radical (unpaired) electrons. The predicted octanol–water partition coefficient (Wildman–Crippen LogP) is 2.27. The summed E-state index contributed by atoms with van der Waals surface area (Å²) in [6, 6.07) is 10.5. The fraction of sp³-hybridized carbons (Fsp3) is 0.562. The second kappa shape index (κ2) is 10.00. The highest BCUT2D eigenvalue weighted by atomic mass is 127. The maximum atomic E-state index is 9.61. The van der Waals surface area contributed by atoms with E-state index >= 15 is 0 Å². The van der Waals surface area contributed by atoms with Crippen LogP contribution in [-0.2, 0) is 6.42 Å². The van der Waals surface area contributed by atoms with Crippen molar-refractivity contribution in [2.45, 2.75) is 32.3 Å². The van der Waals surface area contributed by atoms with Gasteiger partial charge in [0.05, 0.1) is 6.10 Å². The van der Waals surface area contributed by atoms with E-state index in [1.807, 2.05) is 6.07 Å². The zero-order chi connectivity index (χ0) is 14.2. The Hall–Kier alpha value is -0.820. The van der Waals surface area contributed by atoms with Crippen LogP contribution in [0.2, 0.25) is 0 Å². The van der Waals surface area contributed by atoms with E-state index in [0.717, 1.165) is 44.9 Å². The third kappa shape index (κ3) is 6.22. The number of aliphatic imine (C=N–C) groups is 1. The average Bonchev–Trinajstić information content (AvgIpc) is 2.90. The number of aliphatic hydroxyl groups excluding tert-OH is 1. The number of nitrogens with zero attached hydrogens (tertiary/aromatic N) is 2. The van der Waals surface area contributed by atoms with Crippen molar-refractivity contribution in [1.82, 2.24) is 10.2 Å². The molecule has 1 aromatic carbocycles. The van der Waals surface area contributed by atoms with E-state index in [4.69, 9.17) is 0 Å². The summed E-state index contributed by atoms with van der Waals surface area (Å²) >= 11 is 0. The van der Waals surface area contributed by atoms with Crippen molar-refractivity contribution >= 4 is 29.9 Å². The van der Waals surface area contributed by atoms with Crippen LogP contribution >= 0.6 is 24.0 Å². The zero-order valence-corrected chi connectivity index (χ0v) is 15.0. The molecule has 1 aliphatic rings. The molecule has 0 saturated carbocycles. The maximum Gasteiger partial charge on any atom is 0.194 e. The summed E-state index contributed by atoms with van der Waals surface area (Å²) in [5.41, 5.74) is 1.37. The van der Waals surface area contributed by atoms with Gasteiger partial charge >= 0.3 is 0 Å². The molecule has 1 saturated heterocycles. The first-order chi connectivity index (χ1) is 9.79. The van der Waals surface area contributed by atoms with Gasteiger partial charge in [-0.1, -0.05) is 30.3 Å². The van der Waals surface area contributed by atoms with Gasteiger partial charge in [-0.15, -0.1) is 24.0 Å². The standard InChI is InChI=1S/C16H25N3O.HI/c1-2-17-16(19-12-10-15(20)13-19)18-11-6-9-14-7-4-3-5-8-14;/h3-5,7-8,15,20H,2,6,9-13H2,1H3,(H,17,18);1H/t15-;/m1./s1. The van der Waals surface area contributed by atoms with E-state index in [0.29, 0.717) is 6.54 Å². The van der Waals surface area contributed by atoms with Gasteiger partial charge in [0.15, 0.2) is 5.96 Å². The lowest BCUT2D eigenvalue weighted by Gasteiger charge is -2.20.